The van der Waals surface area contributed by atoms with Crippen molar-refractivity contribution in [3.63, 3.8) is 0 Å². The molecular weight excluding hydrogens is 202 g/mol. The largest absolute Gasteiger partial charge is 0.351 e. The van der Waals surface area contributed by atoms with Crippen LogP contribution in [0.5, 0.6) is 0 Å². The van der Waals surface area contributed by atoms with E-state index in [1.807, 2.05) is 19.9 Å². The standard InChI is InChI=1S/C12H17N3O/c1-4-9(3)11(15-12(14)16)7-6-10(5-2)8-13/h5-7H,4H2,1-3H3,(H3,14,15,16)/b7-6-,10-5+,11-9?. The lowest BCUT2D eigenvalue weighted by Crippen LogP contribution is -2.28. The molecule has 0 saturated carbocycles. The van der Waals surface area contributed by atoms with E-state index >= 15 is 0 Å². The van der Waals surface area contributed by atoms with Gasteiger partial charge in [-0.05, 0) is 38.0 Å². The first-order valence-corrected chi connectivity index (χ1v) is 5.05. The molecule has 0 saturated heterocycles. The van der Waals surface area contributed by atoms with Crippen LogP contribution in [-0.2, 0) is 0 Å². The first-order valence-electron chi connectivity index (χ1n) is 5.05. The number of rotatable bonds is 4. The van der Waals surface area contributed by atoms with Gasteiger partial charge in [0.1, 0.15) is 0 Å². The zero-order valence-corrected chi connectivity index (χ0v) is 9.87. The van der Waals surface area contributed by atoms with Crippen molar-refractivity contribution in [1.82, 2.24) is 5.32 Å². The number of hydrogen-bond donors (Lipinski definition) is 2. The Bertz CT molecular complexity index is 384. The molecule has 0 bridgehead atoms. The smallest absolute Gasteiger partial charge is 0.316 e. The maximum absolute atomic E-state index is 10.8. The fourth-order valence-electron chi connectivity index (χ4n) is 0.985. The van der Waals surface area contributed by atoms with Gasteiger partial charge in [0.05, 0.1) is 6.07 Å². The Hall–Kier alpha value is -2.02. The van der Waals surface area contributed by atoms with Crippen molar-refractivity contribution in [3.05, 3.63) is 35.1 Å². The Kier molecular flexibility index (Phi) is 6.37. The minimum absolute atomic E-state index is 0.535. The van der Waals surface area contributed by atoms with E-state index in [1.54, 1.807) is 25.2 Å². The molecule has 0 aliphatic heterocycles. The van der Waals surface area contributed by atoms with Crippen LogP contribution in [0.1, 0.15) is 27.2 Å². The van der Waals surface area contributed by atoms with E-state index in [1.165, 1.54) is 0 Å². The van der Waals surface area contributed by atoms with Crippen LogP contribution < -0.4 is 11.1 Å². The highest BCUT2D eigenvalue weighted by Crippen LogP contribution is 2.08. The Balaban J connectivity index is 4.97. The predicted octanol–water partition coefficient (Wildman–Crippen LogP) is 2.36. The molecule has 16 heavy (non-hydrogen) atoms. The number of primary amides is 1. The summed E-state index contributed by atoms with van der Waals surface area (Å²) < 4.78 is 0. The lowest BCUT2D eigenvalue weighted by molar-refractivity contribution is 0.251. The van der Waals surface area contributed by atoms with Gasteiger partial charge in [-0.25, -0.2) is 4.79 Å². The molecule has 0 aliphatic rings. The van der Waals surface area contributed by atoms with Crippen LogP contribution >= 0.6 is 0 Å². The highest BCUT2D eigenvalue weighted by atomic mass is 16.2. The Morgan fingerprint density at radius 1 is 1.50 bits per heavy atom. The number of hydrogen-bond acceptors (Lipinski definition) is 2. The molecule has 0 fully saturated rings. The van der Waals surface area contributed by atoms with Crippen molar-refractivity contribution in [1.29, 1.82) is 5.26 Å². The molecule has 0 atom stereocenters. The average Bonchev–Trinajstić information content (AvgIpc) is 2.27. The van der Waals surface area contributed by atoms with Gasteiger partial charge in [0.2, 0.25) is 0 Å². The van der Waals surface area contributed by atoms with E-state index in [4.69, 9.17) is 11.0 Å². The van der Waals surface area contributed by atoms with Gasteiger partial charge in [0.15, 0.2) is 0 Å². The third kappa shape index (κ3) is 5.01. The second kappa shape index (κ2) is 7.30. The van der Waals surface area contributed by atoms with Gasteiger partial charge < -0.3 is 11.1 Å². The van der Waals surface area contributed by atoms with Gasteiger partial charge in [-0.15, -0.1) is 0 Å². The molecule has 3 N–H and O–H groups in total. The zero-order chi connectivity index (χ0) is 12.6. The summed E-state index contributed by atoms with van der Waals surface area (Å²) in [6.07, 6.45) is 5.82. The van der Waals surface area contributed by atoms with Crippen LogP contribution in [0.4, 0.5) is 4.79 Å². The maximum Gasteiger partial charge on any atom is 0.316 e. The SMILES string of the molecule is C/C=C(C#N)\C=C/C(NC(N)=O)=C(C)CC. The summed E-state index contributed by atoms with van der Waals surface area (Å²) in [7, 11) is 0. The molecular formula is C12H17N3O. The summed E-state index contributed by atoms with van der Waals surface area (Å²) in [6.45, 7) is 5.66. The molecule has 0 aromatic heterocycles. The second-order valence-corrected chi connectivity index (χ2v) is 3.23. The molecule has 0 heterocycles. The topological polar surface area (TPSA) is 78.9 Å². The monoisotopic (exact) mass is 219 g/mol. The minimum atomic E-state index is -0.605. The highest BCUT2D eigenvalue weighted by molar-refractivity contribution is 5.74. The number of allylic oxidation sites excluding steroid dienone is 5. The fourth-order valence-corrected chi connectivity index (χ4v) is 0.985. The third-order valence-corrected chi connectivity index (χ3v) is 2.12. The van der Waals surface area contributed by atoms with E-state index in [0.717, 1.165) is 12.0 Å². The zero-order valence-electron chi connectivity index (χ0n) is 9.87. The van der Waals surface area contributed by atoms with E-state index in [9.17, 15) is 4.79 Å². The normalized spacial score (nSPS) is 13.2. The molecule has 86 valence electrons. The summed E-state index contributed by atoms with van der Waals surface area (Å²) in [5.74, 6) is 0. The second-order valence-electron chi connectivity index (χ2n) is 3.23. The number of urea groups is 1. The van der Waals surface area contributed by atoms with Gasteiger partial charge in [-0.2, -0.15) is 5.26 Å². The molecule has 0 aromatic rings. The average molecular weight is 219 g/mol. The molecule has 4 heteroatoms. The van der Waals surface area contributed by atoms with Crippen LogP contribution in [0.3, 0.4) is 0 Å². The maximum atomic E-state index is 10.8. The van der Waals surface area contributed by atoms with Crippen LogP contribution in [0.2, 0.25) is 0 Å². The Morgan fingerprint density at radius 2 is 2.12 bits per heavy atom. The van der Waals surface area contributed by atoms with Gasteiger partial charge in [-0.1, -0.05) is 13.0 Å². The molecule has 0 unspecified atom stereocenters. The van der Waals surface area contributed by atoms with Crippen molar-refractivity contribution < 1.29 is 4.79 Å². The summed E-state index contributed by atoms with van der Waals surface area (Å²) in [5, 5.41) is 11.2. The Labute approximate surface area is 96.1 Å². The van der Waals surface area contributed by atoms with Crippen molar-refractivity contribution in [2.24, 2.45) is 5.73 Å². The number of amides is 2. The number of nitrogens with zero attached hydrogens (tertiary/aromatic N) is 1. The molecule has 4 nitrogen and oxygen atoms in total. The van der Waals surface area contributed by atoms with E-state index in [-0.39, 0.29) is 0 Å². The van der Waals surface area contributed by atoms with Gasteiger partial charge >= 0.3 is 6.03 Å². The van der Waals surface area contributed by atoms with Crippen LogP contribution in [0.15, 0.2) is 35.1 Å². The lowest BCUT2D eigenvalue weighted by Gasteiger charge is -2.06. The van der Waals surface area contributed by atoms with Crippen molar-refractivity contribution in [2.45, 2.75) is 27.2 Å². The number of nitriles is 1. The summed E-state index contributed by atoms with van der Waals surface area (Å²) in [5.41, 5.74) is 7.24. The third-order valence-electron chi connectivity index (χ3n) is 2.12. The van der Waals surface area contributed by atoms with Crippen molar-refractivity contribution >= 4 is 6.03 Å². The lowest BCUT2D eigenvalue weighted by atomic mass is 10.1. The van der Waals surface area contributed by atoms with E-state index < -0.39 is 6.03 Å². The van der Waals surface area contributed by atoms with E-state index in [2.05, 4.69) is 5.32 Å². The number of nitrogens with one attached hydrogen (secondary N) is 1. The quantitative estimate of drug-likeness (QED) is 0.562. The molecule has 2 amide bonds. The Morgan fingerprint density at radius 3 is 2.50 bits per heavy atom. The molecule has 0 rings (SSSR count). The van der Waals surface area contributed by atoms with Crippen LogP contribution in [0.25, 0.3) is 0 Å². The number of carbonyl (C=O) groups excluding carboxylic acids is 1. The number of carbonyl (C=O) groups is 1. The summed E-state index contributed by atoms with van der Waals surface area (Å²) in [6, 6.07) is 1.42. The van der Waals surface area contributed by atoms with Crippen molar-refractivity contribution in [2.75, 3.05) is 0 Å². The van der Waals surface area contributed by atoms with Gasteiger partial charge in [0.25, 0.3) is 0 Å². The van der Waals surface area contributed by atoms with Crippen LogP contribution in [-0.4, -0.2) is 6.03 Å². The van der Waals surface area contributed by atoms with Crippen molar-refractivity contribution in [3.8, 4) is 6.07 Å². The summed E-state index contributed by atoms with van der Waals surface area (Å²) >= 11 is 0. The fraction of sp³-hybridized carbons (Fsp3) is 0.333. The van der Waals surface area contributed by atoms with Crippen LogP contribution in [0, 0.1) is 11.3 Å². The van der Waals surface area contributed by atoms with Gasteiger partial charge in [-0.3, -0.25) is 0 Å². The van der Waals surface area contributed by atoms with E-state index in [0.29, 0.717) is 11.3 Å². The summed E-state index contributed by atoms with van der Waals surface area (Å²) in [4.78, 5) is 10.8. The highest BCUT2D eigenvalue weighted by Gasteiger charge is 2.00. The first kappa shape index (κ1) is 14.0. The predicted molar refractivity (Wildman–Crippen MR) is 64.2 cm³/mol. The molecule has 0 aromatic carbocycles. The number of nitrogens with two attached hydrogens (primary N) is 1. The molecule has 0 spiro atoms. The first-order chi connectivity index (χ1) is 7.54. The molecule has 0 aliphatic carbocycles. The van der Waals surface area contributed by atoms with Gasteiger partial charge in [0, 0.05) is 11.3 Å². The minimum Gasteiger partial charge on any atom is -0.351 e. The molecule has 0 radical (unpaired) electrons.